The summed E-state index contributed by atoms with van der Waals surface area (Å²) in [4.78, 5) is 6.99. The summed E-state index contributed by atoms with van der Waals surface area (Å²) in [6.07, 6.45) is 3.91. The van der Waals surface area contributed by atoms with E-state index in [1.807, 2.05) is 19.1 Å². The third-order valence-corrected chi connectivity index (χ3v) is 6.34. The van der Waals surface area contributed by atoms with Crippen molar-refractivity contribution in [3.8, 4) is 0 Å². The molecule has 0 unspecified atom stereocenters. The van der Waals surface area contributed by atoms with E-state index in [4.69, 9.17) is 0 Å². The van der Waals surface area contributed by atoms with Crippen molar-refractivity contribution in [1.29, 1.82) is 0 Å². The Hall–Kier alpha value is -0.910. The summed E-state index contributed by atoms with van der Waals surface area (Å²) in [6.45, 7) is 8.63. The van der Waals surface area contributed by atoms with E-state index in [1.165, 1.54) is 32.4 Å². The van der Waals surface area contributed by atoms with Gasteiger partial charge in [0.15, 0.2) is 5.96 Å². The van der Waals surface area contributed by atoms with Gasteiger partial charge in [0.05, 0.1) is 4.90 Å². The van der Waals surface area contributed by atoms with Crippen LogP contribution in [0.5, 0.6) is 0 Å². The zero-order valence-corrected chi connectivity index (χ0v) is 20.3. The number of nitrogens with zero attached hydrogens (tertiary/aromatic N) is 2. The predicted octanol–water partition coefficient (Wildman–Crippen LogP) is 1.85. The van der Waals surface area contributed by atoms with Crippen LogP contribution in [0.1, 0.15) is 30.4 Å². The molecular formula is C19H34IN5O2S. The maximum Gasteiger partial charge on any atom is 0.240 e. The first-order valence-corrected chi connectivity index (χ1v) is 11.1. The van der Waals surface area contributed by atoms with Crippen molar-refractivity contribution in [3.63, 3.8) is 0 Å². The summed E-state index contributed by atoms with van der Waals surface area (Å²) in [5.41, 5.74) is 1.67. The van der Waals surface area contributed by atoms with Crippen LogP contribution in [-0.4, -0.2) is 65.6 Å². The fraction of sp³-hybridized carbons (Fsp3) is 0.632. The average Bonchev–Trinajstić information content (AvgIpc) is 2.66. The first-order valence-electron chi connectivity index (χ1n) is 9.66. The van der Waals surface area contributed by atoms with Gasteiger partial charge in [-0.3, -0.25) is 4.99 Å². The molecule has 0 atom stereocenters. The molecular weight excluding hydrogens is 489 g/mol. The molecule has 160 valence electrons. The molecule has 3 N–H and O–H groups in total. The SMILES string of the molecule is CN=C(NCCNS(=O)(=O)c1cc(C)ccc1C)NCCN1CCCCC1.I. The summed E-state index contributed by atoms with van der Waals surface area (Å²) in [7, 11) is -1.79. The molecule has 28 heavy (non-hydrogen) atoms. The van der Waals surface area contributed by atoms with Crippen molar-refractivity contribution < 1.29 is 8.42 Å². The number of benzene rings is 1. The van der Waals surface area contributed by atoms with Gasteiger partial charge in [-0.15, -0.1) is 24.0 Å². The molecule has 1 heterocycles. The fourth-order valence-corrected chi connectivity index (χ4v) is 4.54. The third kappa shape index (κ3) is 8.22. The van der Waals surface area contributed by atoms with E-state index in [2.05, 4.69) is 25.2 Å². The van der Waals surface area contributed by atoms with Crippen LogP contribution in [0, 0.1) is 13.8 Å². The molecule has 0 bridgehead atoms. The van der Waals surface area contributed by atoms with Gasteiger partial charge in [0.25, 0.3) is 0 Å². The van der Waals surface area contributed by atoms with Crippen molar-refractivity contribution >= 4 is 40.0 Å². The molecule has 1 aromatic rings. The smallest absolute Gasteiger partial charge is 0.240 e. The summed E-state index contributed by atoms with van der Waals surface area (Å²) in [5.74, 6) is 0.693. The van der Waals surface area contributed by atoms with E-state index >= 15 is 0 Å². The van der Waals surface area contributed by atoms with Crippen molar-refractivity contribution in [1.82, 2.24) is 20.3 Å². The molecule has 1 saturated heterocycles. The lowest BCUT2D eigenvalue weighted by molar-refractivity contribution is 0.232. The predicted molar refractivity (Wildman–Crippen MR) is 126 cm³/mol. The summed E-state index contributed by atoms with van der Waals surface area (Å²) in [5, 5.41) is 6.43. The Balaban J connectivity index is 0.00000392. The highest BCUT2D eigenvalue weighted by molar-refractivity contribution is 14.0. The average molecular weight is 523 g/mol. The second kappa shape index (κ2) is 12.6. The number of aryl methyl sites for hydroxylation is 2. The van der Waals surface area contributed by atoms with E-state index in [0.717, 1.165) is 24.2 Å². The maximum absolute atomic E-state index is 12.5. The highest BCUT2D eigenvalue weighted by Gasteiger charge is 2.16. The third-order valence-electron chi connectivity index (χ3n) is 4.74. The van der Waals surface area contributed by atoms with Crippen LogP contribution in [0.15, 0.2) is 28.1 Å². The van der Waals surface area contributed by atoms with Crippen molar-refractivity contribution in [2.45, 2.75) is 38.0 Å². The summed E-state index contributed by atoms with van der Waals surface area (Å²) < 4.78 is 27.6. The fourth-order valence-electron chi connectivity index (χ4n) is 3.18. The largest absolute Gasteiger partial charge is 0.355 e. The number of nitrogens with one attached hydrogen (secondary N) is 3. The normalized spacial score (nSPS) is 15.8. The van der Waals surface area contributed by atoms with Crippen LogP contribution in [-0.2, 0) is 10.0 Å². The van der Waals surface area contributed by atoms with Crippen molar-refractivity contribution in [2.75, 3.05) is 46.3 Å². The van der Waals surface area contributed by atoms with Gasteiger partial charge >= 0.3 is 0 Å². The molecule has 2 rings (SSSR count). The number of hydrogen-bond acceptors (Lipinski definition) is 4. The molecule has 1 fully saturated rings. The van der Waals surface area contributed by atoms with Gasteiger partial charge in [0, 0.05) is 33.2 Å². The standard InChI is InChI=1S/C19H33N5O2S.HI/c1-16-7-8-17(2)18(15-16)27(25,26)23-10-9-21-19(20-3)22-11-14-24-12-5-4-6-13-24;/h7-8,15,23H,4-6,9-14H2,1-3H3,(H2,20,21,22);1H. The van der Waals surface area contributed by atoms with E-state index < -0.39 is 10.0 Å². The summed E-state index contributed by atoms with van der Waals surface area (Å²) >= 11 is 0. The minimum absolute atomic E-state index is 0. The Bertz CT molecular complexity index is 734. The van der Waals surface area contributed by atoms with Crippen molar-refractivity contribution in [2.24, 2.45) is 4.99 Å². The number of aliphatic imine (C=N–C) groups is 1. The number of halogens is 1. The number of guanidine groups is 1. The second-order valence-electron chi connectivity index (χ2n) is 6.99. The molecule has 0 amide bonds. The maximum atomic E-state index is 12.5. The molecule has 7 nitrogen and oxygen atoms in total. The first-order chi connectivity index (χ1) is 12.9. The lowest BCUT2D eigenvalue weighted by atomic mass is 10.1. The highest BCUT2D eigenvalue weighted by atomic mass is 127. The van der Waals surface area contributed by atoms with Crippen LogP contribution in [0.3, 0.4) is 0 Å². The van der Waals surface area contributed by atoms with E-state index in [-0.39, 0.29) is 24.0 Å². The van der Waals surface area contributed by atoms with E-state index in [1.54, 1.807) is 20.0 Å². The van der Waals surface area contributed by atoms with Gasteiger partial charge in [0.2, 0.25) is 10.0 Å². The number of rotatable bonds is 8. The van der Waals surface area contributed by atoms with Crippen LogP contribution in [0.4, 0.5) is 0 Å². The van der Waals surface area contributed by atoms with Gasteiger partial charge < -0.3 is 15.5 Å². The lowest BCUT2D eigenvalue weighted by Gasteiger charge is -2.26. The van der Waals surface area contributed by atoms with Gasteiger partial charge in [-0.25, -0.2) is 13.1 Å². The highest BCUT2D eigenvalue weighted by Crippen LogP contribution is 2.16. The van der Waals surface area contributed by atoms with Crippen molar-refractivity contribution in [3.05, 3.63) is 29.3 Å². The van der Waals surface area contributed by atoms with Gasteiger partial charge in [-0.05, 0) is 57.0 Å². The molecule has 1 aromatic carbocycles. The molecule has 0 radical (unpaired) electrons. The molecule has 1 aliphatic rings. The molecule has 0 saturated carbocycles. The second-order valence-corrected chi connectivity index (χ2v) is 8.73. The molecule has 0 spiro atoms. The minimum atomic E-state index is -3.51. The Morgan fingerprint density at radius 2 is 1.75 bits per heavy atom. The van der Waals surface area contributed by atoms with E-state index in [0.29, 0.717) is 23.9 Å². The summed E-state index contributed by atoms with van der Waals surface area (Å²) in [6, 6.07) is 5.44. The minimum Gasteiger partial charge on any atom is -0.355 e. The van der Waals surface area contributed by atoms with Gasteiger partial charge in [-0.2, -0.15) is 0 Å². The number of sulfonamides is 1. The Morgan fingerprint density at radius 3 is 2.43 bits per heavy atom. The number of hydrogen-bond donors (Lipinski definition) is 3. The zero-order valence-electron chi connectivity index (χ0n) is 17.1. The van der Waals surface area contributed by atoms with Crippen LogP contribution in [0.2, 0.25) is 0 Å². The topological polar surface area (TPSA) is 85.8 Å². The Labute approximate surface area is 186 Å². The van der Waals surface area contributed by atoms with Crippen LogP contribution >= 0.6 is 24.0 Å². The Morgan fingerprint density at radius 1 is 1.07 bits per heavy atom. The van der Waals surface area contributed by atoms with Crippen LogP contribution < -0.4 is 15.4 Å². The van der Waals surface area contributed by atoms with Gasteiger partial charge in [0.1, 0.15) is 0 Å². The monoisotopic (exact) mass is 523 g/mol. The number of piperidine rings is 1. The Kier molecular flexibility index (Phi) is 11.3. The molecule has 9 heteroatoms. The number of likely N-dealkylation sites (tertiary alicyclic amines) is 1. The lowest BCUT2D eigenvalue weighted by Crippen LogP contribution is -2.44. The molecule has 0 aliphatic carbocycles. The first kappa shape index (κ1) is 25.1. The van der Waals surface area contributed by atoms with Crippen LogP contribution in [0.25, 0.3) is 0 Å². The van der Waals surface area contributed by atoms with Gasteiger partial charge in [-0.1, -0.05) is 18.6 Å². The van der Waals surface area contributed by atoms with E-state index in [9.17, 15) is 8.42 Å². The zero-order chi connectivity index (χ0) is 19.7. The quantitative estimate of drug-likeness (QED) is 0.210. The molecule has 0 aromatic heterocycles. The molecule has 1 aliphatic heterocycles.